The average molecular weight is 467 g/mol. The van der Waals surface area contributed by atoms with Crippen LogP contribution in [0.2, 0.25) is 5.02 Å². The minimum absolute atomic E-state index is 0.169. The largest absolute Gasteiger partial charge is 0.427 e. The van der Waals surface area contributed by atoms with Crippen molar-refractivity contribution in [3.05, 3.63) is 56.6 Å². The SMILES string of the molecule is Cn1nc2c(=O)n(C3CC3)ncc2c1[C@@](O)(c1ccc(C(F)(F)F)c(Cl)c1)C(F)(F)F. The molecular weight excluding hydrogens is 454 g/mol. The molecule has 0 spiro atoms. The second kappa shape index (κ2) is 6.70. The molecule has 0 unspecified atom stereocenters. The van der Waals surface area contributed by atoms with Crippen LogP contribution in [0.15, 0.2) is 29.2 Å². The van der Waals surface area contributed by atoms with E-state index in [1.165, 1.54) is 0 Å². The minimum atomic E-state index is -5.40. The number of nitrogens with zero attached hydrogens (tertiary/aromatic N) is 4. The van der Waals surface area contributed by atoms with E-state index in [-0.39, 0.29) is 16.9 Å². The van der Waals surface area contributed by atoms with Gasteiger partial charge >= 0.3 is 12.4 Å². The quantitative estimate of drug-likeness (QED) is 0.594. The van der Waals surface area contributed by atoms with E-state index < -0.39 is 45.4 Å². The number of aryl methyl sites for hydroxylation is 1. The molecular formula is C18H13ClF6N4O2. The normalized spacial score (nSPS) is 17.2. The van der Waals surface area contributed by atoms with Gasteiger partial charge in [-0.3, -0.25) is 9.48 Å². The predicted octanol–water partition coefficient (Wildman–Crippen LogP) is 3.94. The van der Waals surface area contributed by atoms with Gasteiger partial charge in [0.25, 0.3) is 5.56 Å². The smallest absolute Gasteiger partial charge is 0.371 e. The van der Waals surface area contributed by atoms with Gasteiger partial charge in [0, 0.05) is 12.6 Å². The summed E-state index contributed by atoms with van der Waals surface area (Å²) in [6, 6.07) is 1.07. The van der Waals surface area contributed by atoms with Gasteiger partial charge in [0.2, 0.25) is 5.60 Å². The number of aromatic nitrogens is 4. The summed E-state index contributed by atoms with van der Waals surface area (Å²) in [5.41, 5.74) is -8.07. The van der Waals surface area contributed by atoms with Crippen molar-refractivity contribution in [3.8, 4) is 0 Å². The number of benzene rings is 1. The number of fused-ring (bicyclic) bond motifs is 1. The van der Waals surface area contributed by atoms with Gasteiger partial charge in [-0.2, -0.15) is 36.5 Å². The van der Waals surface area contributed by atoms with Gasteiger partial charge in [-0.05, 0) is 25.0 Å². The molecule has 1 saturated carbocycles. The third-order valence-electron chi connectivity index (χ3n) is 5.14. The van der Waals surface area contributed by atoms with Crippen LogP contribution in [0.25, 0.3) is 10.9 Å². The van der Waals surface area contributed by atoms with Crippen LogP contribution in [0.1, 0.15) is 35.7 Å². The summed E-state index contributed by atoms with van der Waals surface area (Å²) in [5.74, 6) is 0. The molecule has 1 atom stereocenters. The average Bonchev–Trinajstić information content (AvgIpc) is 3.41. The van der Waals surface area contributed by atoms with Crippen molar-refractivity contribution in [2.75, 3.05) is 0 Å². The molecule has 1 aliphatic carbocycles. The van der Waals surface area contributed by atoms with Crippen LogP contribution < -0.4 is 5.56 Å². The van der Waals surface area contributed by atoms with Crippen molar-refractivity contribution in [2.45, 2.75) is 36.8 Å². The van der Waals surface area contributed by atoms with Gasteiger partial charge in [0.05, 0.1) is 33.9 Å². The first-order valence-electron chi connectivity index (χ1n) is 8.88. The van der Waals surface area contributed by atoms with Gasteiger partial charge < -0.3 is 5.11 Å². The molecule has 0 bridgehead atoms. The molecule has 0 radical (unpaired) electrons. The maximum absolute atomic E-state index is 14.2. The Balaban J connectivity index is 1.99. The molecule has 0 amide bonds. The second-order valence-electron chi connectivity index (χ2n) is 7.26. The summed E-state index contributed by atoms with van der Waals surface area (Å²) in [6.07, 6.45) is -7.94. The summed E-state index contributed by atoms with van der Waals surface area (Å²) in [4.78, 5) is 12.6. The molecule has 1 aliphatic rings. The highest BCUT2D eigenvalue weighted by Crippen LogP contribution is 2.47. The lowest BCUT2D eigenvalue weighted by molar-refractivity contribution is -0.250. The standard InChI is InChI=1S/C18H13ClF6N4O2/c1-28-14(10-7-26-29(9-3-4-9)15(30)13(10)27-28)16(31,18(23,24)25)8-2-5-11(12(19)6-8)17(20,21)22/h2,5-7,9,31H,3-4H2,1H3/t16-/m0/s1. The molecule has 1 aromatic carbocycles. The lowest BCUT2D eigenvalue weighted by atomic mass is 9.87. The van der Waals surface area contributed by atoms with E-state index in [2.05, 4.69) is 10.2 Å². The van der Waals surface area contributed by atoms with E-state index in [1.54, 1.807) is 0 Å². The van der Waals surface area contributed by atoms with Crippen LogP contribution >= 0.6 is 11.6 Å². The molecule has 0 aliphatic heterocycles. The Bertz CT molecular complexity index is 1240. The minimum Gasteiger partial charge on any atom is -0.371 e. The van der Waals surface area contributed by atoms with Crippen LogP contribution in [0, 0.1) is 0 Å². The fourth-order valence-corrected chi connectivity index (χ4v) is 3.80. The topological polar surface area (TPSA) is 72.9 Å². The highest BCUT2D eigenvalue weighted by Gasteiger charge is 2.59. The first-order valence-corrected chi connectivity index (χ1v) is 9.26. The molecule has 13 heteroatoms. The van der Waals surface area contributed by atoms with E-state index in [0.717, 1.165) is 17.9 Å². The van der Waals surface area contributed by atoms with Crippen molar-refractivity contribution in [1.29, 1.82) is 0 Å². The summed E-state index contributed by atoms with van der Waals surface area (Å²) < 4.78 is 83.3. The summed E-state index contributed by atoms with van der Waals surface area (Å²) >= 11 is 5.59. The molecule has 1 fully saturated rings. The van der Waals surface area contributed by atoms with E-state index in [0.29, 0.717) is 35.7 Å². The molecule has 3 aromatic rings. The van der Waals surface area contributed by atoms with Crippen molar-refractivity contribution in [2.24, 2.45) is 7.05 Å². The van der Waals surface area contributed by atoms with Crippen LogP contribution in [-0.4, -0.2) is 30.8 Å². The Labute approximate surface area is 174 Å². The van der Waals surface area contributed by atoms with Gasteiger partial charge in [-0.15, -0.1) is 0 Å². The highest BCUT2D eigenvalue weighted by atomic mass is 35.5. The molecule has 31 heavy (non-hydrogen) atoms. The first-order chi connectivity index (χ1) is 14.3. The monoisotopic (exact) mass is 466 g/mol. The Morgan fingerprint density at radius 1 is 1.16 bits per heavy atom. The molecule has 4 rings (SSSR count). The van der Waals surface area contributed by atoms with Crippen LogP contribution in [-0.2, 0) is 18.8 Å². The third kappa shape index (κ3) is 3.28. The van der Waals surface area contributed by atoms with Crippen molar-refractivity contribution >= 4 is 22.5 Å². The fraction of sp³-hybridized carbons (Fsp3) is 0.389. The first kappa shape index (κ1) is 21.6. The maximum atomic E-state index is 14.2. The summed E-state index contributed by atoms with van der Waals surface area (Å²) in [7, 11) is 1.08. The van der Waals surface area contributed by atoms with Crippen LogP contribution in [0.5, 0.6) is 0 Å². The number of rotatable bonds is 3. The molecule has 2 heterocycles. The summed E-state index contributed by atoms with van der Waals surface area (Å²) in [5, 5.41) is 17.2. The Morgan fingerprint density at radius 2 is 1.81 bits per heavy atom. The van der Waals surface area contributed by atoms with Gasteiger partial charge in [-0.1, -0.05) is 17.7 Å². The lowest BCUT2D eigenvalue weighted by Crippen LogP contribution is -2.45. The zero-order chi connectivity index (χ0) is 22.9. The molecule has 166 valence electrons. The molecule has 6 nitrogen and oxygen atoms in total. The number of hydrogen-bond acceptors (Lipinski definition) is 4. The zero-order valence-corrected chi connectivity index (χ0v) is 16.3. The van der Waals surface area contributed by atoms with Gasteiger partial charge in [0.1, 0.15) is 0 Å². The fourth-order valence-electron chi connectivity index (χ4n) is 3.51. The maximum Gasteiger partial charge on any atom is 0.427 e. The van der Waals surface area contributed by atoms with E-state index >= 15 is 0 Å². The zero-order valence-electron chi connectivity index (χ0n) is 15.6. The molecule has 0 saturated heterocycles. The van der Waals surface area contributed by atoms with E-state index in [1.807, 2.05) is 0 Å². The van der Waals surface area contributed by atoms with E-state index in [4.69, 9.17) is 11.6 Å². The van der Waals surface area contributed by atoms with Gasteiger partial charge in [0.15, 0.2) is 5.52 Å². The van der Waals surface area contributed by atoms with Crippen molar-refractivity contribution < 1.29 is 31.4 Å². The number of aliphatic hydroxyl groups is 1. The highest BCUT2D eigenvalue weighted by molar-refractivity contribution is 6.31. The van der Waals surface area contributed by atoms with Gasteiger partial charge in [-0.25, -0.2) is 4.68 Å². The second-order valence-corrected chi connectivity index (χ2v) is 7.67. The molecule has 2 aromatic heterocycles. The summed E-state index contributed by atoms with van der Waals surface area (Å²) in [6.45, 7) is 0. The van der Waals surface area contributed by atoms with Crippen LogP contribution in [0.4, 0.5) is 26.3 Å². The van der Waals surface area contributed by atoms with Crippen molar-refractivity contribution in [1.82, 2.24) is 19.6 Å². The Kier molecular flexibility index (Phi) is 4.67. The van der Waals surface area contributed by atoms with E-state index in [9.17, 15) is 36.2 Å². The number of halogens is 7. The third-order valence-corrected chi connectivity index (χ3v) is 5.46. The lowest BCUT2D eigenvalue weighted by Gasteiger charge is -2.31. The van der Waals surface area contributed by atoms with Crippen molar-refractivity contribution in [3.63, 3.8) is 0 Å². The Hall–Kier alpha value is -2.60. The Morgan fingerprint density at radius 3 is 2.32 bits per heavy atom. The number of hydrogen-bond donors (Lipinski definition) is 1. The van der Waals surface area contributed by atoms with Crippen LogP contribution in [0.3, 0.4) is 0 Å². The predicted molar refractivity (Wildman–Crippen MR) is 96.5 cm³/mol. The number of alkyl halides is 6. The molecule has 1 N–H and O–H groups in total.